The van der Waals surface area contributed by atoms with Crippen LogP contribution in [0.2, 0.25) is 0 Å². The SMILES string of the molecule is C[C@@H]1C[C@H](c2ccncc2CC(=O)OC(C)(C)C)O[C@@H]2CCC(=O)N[C@@H]12.C[C@@H]1C[C@H](c2ccncc2CC(=O)OC(C)(C)C)O[C@@H]2CCC(=O)N[C@H]12. The molecule has 2 amide bonds. The normalized spacial score (nSPS) is 28.8. The number of hydrogen-bond donors (Lipinski definition) is 2. The Labute approximate surface area is 307 Å². The molecule has 4 aliphatic heterocycles. The van der Waals surface area contributed by atoms with Crippen LogP contribution in [0.15, 0.2) is 36.9 Å². The van der Waals surface area contributed by atoms with Crippen LogP contribution in [0.25, 0.3) is 0 Å². The lowest BCUT2D eigenvalue weighted by Crippen LogP contribution is -2.55. The van der Waals surface area contributed by atoms with Crippen LogP contribution in [0.5, 0.6) is 0 Å². The standard InChI is InChI=1S/2C20H28N2O4/c2*1-12-9-16(25-15-5-6-17(23)22-19(12)15)14-7-8-21-11-13(14)10-18(24)26-20(2,3)4/h2*7-8,11-12,15-16,19H,5-6,9-10H2,1-4H3,(H,22,23)/t12-,15-,16-,19+;12-,15-,16-,19-/m11/s1. The van der Waals surface area contributed by atoms with Crippen molar-refractivity contribution >= 4 is 23.8 Å². The van der Waals surface area contributed by atoms with Gasteiger partial charge in [0.1, 0.15) is 11.2 Å². The molecular weight excluding hydrogens is 664 g/mol. The third-order valence-corrected chi connectivity index (χ3v) is 9.93. The zero-order valence-corrected chi connectivity index (χ0v) is 31.9. The van der Waals surface area contributed by atoms with Gasteiger partial charge in [0.25, 0.3) is 0 Å². The molecule has 2 N–H and O–H groups in total. The van der Waals surface area contributed by atoms with Crippen molar-refractivity contribution in [2.24, 2.45) is 11.8 Å². The number of piperidine rings is 2. The largest absolute Gasteiger partial charge is 0.460 e. The fourth-order valence-electron chi connectivity index (χ4n) is 7.70. The third-order valence-electron chi connectivity index (χ3n) is 9.93. The van der Waals surface area contributed by atoms with Crippen LogP contribution in [0.3, 0.4) is 0 Å². The van der Waals surface area contributed by atoms with E-state index in [0.29, 0.717) is 24.7 Å². The maximum Gasteiger partial charge on any atom is 0.310 e. The van der Waals surface area contributed by atoms with Crippen LogP contribution in [-0.2, 0) is 51.0 Å². The zero-order chi connectivity index (χ0) is 37.8. The molecule has 52 heavy (non-hydrogen) atoms. The summed E-state index contributed by atoms with van der Waals surface area (Å²) in [5.74, 6) is 0.303. The van der Waals surface area contributed by atoms with E-state index in [1.54, 1.807) is 24.8 Å². The average molecular weight is 721 g/mol. The molecule has 12 nitrogen and oxygen atoms in total. The molecule has 4 fully saturated rings. The van der Waals surface area contributed by atoms with Crippen LogP contribution in [0, 0.1) is 11.8 Å². The van der Waals surface area contributed by atoms with Crippen LogP contribution < -0.4 is 10.6 Å². The molecule has 0 unspecified atom stereocenters. The molecule has 6 rings (SSSR count). The lowest BCUT2D eigenvalue weighted by Gasteiger charge is -2.44. The molecule has 2 aromatic heterocycles. The van der Waals surface area contributed by atoms with Crippen LogP contribution >= 0.6 is 0 Å². The number of hydrogen-bond acceptors (Lipinski definition) is 10. The molecule has 0 spiro atoms. The summed E-state index contributed by atoms with van der Waals surface area (Å²) in [5.41, 5.74) is 2.65. The fraction of sp³-hybridized carbons (Fsp3) is 0.650. The molecule has 0 saturated carbocycles. The van der Waals surface area contributed by atoms with Crippen LogP contribution in [0.4, 0.5) is 0 Å². The molecule has 0 aliphatic carbocycles. The number of rotatable bonds is 6. The van der Waals surface area contributed by atoms with E-state index >= 15 is 0 Å². The molecule has 0 aromatic carbocycles. The number of amides is 2. The number of esters is 2. The van der Waals surface area contributed by atoms with E-state index in [2.05, 4.69) is 34.4 Å². The number of fused-ring (bicyclic) bond motifs is 2. The minimum atomic E-state index is -0.511. The van der Waals surface area contributed by atoms with Gasteiger partial charge in [0.15, 0.2) is 0 Å². The first-order valence-electron chi connectivity index (χ1n) is 18.6. The number of carbonyl (C=O) groups is 4. The highest BCUT2D eigenvalue weighted by molar-refractivity contribution is 5.78. The topological polar surface area (TPSA) is 155 Å². The van der Waals surface area contributed by atoms with Gasteiger partial charge < -0.3 is 29.6 Å². The first-order chi connectivity index (χ1) is 24.5. The summed E-state index contributed by atoms with van der Waals surface area (Å²) in [6.45, 7) is 15.5. The summed E-state index contributed by atoms with van der Waals surface area (Å²) in [6, 6.07) is 4.00. The lowest BCUT2D eigenvalue weighted by molar-refractivity contribution is -0.155. The van der Waals surface area contributed by atoms with Gasteiger partial charge >= 0.3 is 11.9 Å². The molecule has 2 aromatic rings. The third kappa shape index (κ3) is 10.6. The Bertz CT molecular complexity index is 1480. The van der Waals surface area contributed by atoms with Crippen molar-refractivity contribution in [3.63, 3.8) is 0 Å². The van der Waals surface area contributed by atoms with Crippen molar-refractivity contribution in [2.75, 3.05) is 0 Å². The summed E-state index contributed by atoms with van der Waals surface area (Å²) >= 11 is 0. The van der Waals surface area contributed by atoms with Gasteiger partial charge in [0.2, 0.25) is 11.8 Å². The van der Waals surface area contributed by atoms with Crippen molar-refractivity contribution in [3.8, 4) is 0 Å². The maximum absolute atomic E-state index is 12.3. The van der Waals surface area contributed by atoms with E-state index in [1.807, 2.05) is 53.7 Å². The van der Waals surface area contributed by atoms with Gasteiger partial charge in [-0.2, -0.15) is 0 Å². The fourth-order valence-corrected chi connectivity index (χ4v) is 7.70. The highest BCUT2D eigenvalue weighted by atomic mass is 16.6. The number of nitrogens with zero attached hydrogens (tertiary/aromatic N) is 2. The molecule has 284 valence electrons. The summed E-state index contributed by atoms with van der Waals surface area (Å²) in [5, 5.41) is 6.12. The Morgan fingerprint density at radius 3 is 1.46 bits per heavy atom. The number of nitrogens with one attached hydrogen (secondary N) is 2. The van der Waals surface area contributed by atoms with Gasteiger partial charge in [-0.05, 0) is 113 Å². The molecule has 4 aliphatic rings. The van der Waals surface area contributed by atoms with E-state index in [9.17, 15) is 19.2 Å². The van der Waals surface area contributed by atoms with Crippen molar-refractivity contribution < 1.29 is 38.1 Å². The lowest BCUT2D eigenvalue weighted by atomic mass is 9.82. The number of pyridine rings is 2. The summed E-state index contributed by atoms with van der Waals surface area (Å²) in [7, 11) is 0. The van der Waals surface area contributed by atoms with E-state index in [1.165, 1.54) is 0 Å². The maximum atomic E-state index is 12.3. The summed E-state index contributed by atoms with van der Waals surface area (Å²) in [6.07, 6.45) is 11.2. The van der Waals surface area contributed by atoms with E-state index < -0.39 is 11.2 Å². The predicted molar refractivity (Wildman–Crippen MR) is 193 cm³/mol. The Morgan fingerprint density at radius 2 is 1.10 bits per heavy atom. The predicted octanol–water partition coefficient (Wildman–Crippen LogP) is 5.42. The highest BCUT2D eigenvalue weighted by Gasteiger charge is 2.42. The molecular formula is C40H56N4O8. The van der Waals surface area contributed by atoms with Gasteiger partial charge in [-0.3, -0.25) is 29.1 Å². The number of ether oxygens (including phenoxy) is 4. The Hall–Kier alpha value is -3.90. The van der Waals surface area contributed by atoms with Gasteiger partial charge in [-0.25, -0.2) is 0 Å². The van der Waals surface area contributed by atoms with Crippen molar-refractivity contribution in [1.29, 1.82) is 0 Å². The van der Waals surface area contributed by atoms with Crippen molar-refractivity contribution in [1.82, 2.24) is 20.6 Å². The Kier molecular flexibility index (Phi) is 12.4. The molecule has 0 bridgehead atoms. The first-order valence-corrected chi connectivity index (χ1v) is 18.6. The minimum absolute atomic E-state index is 0.0176. The second-order valence-corrected chi connectivity index (χ2v) is 16.7. The van der Waals surface area contributed by atoms with E-state index in [4.69, 9.17) is 18.9 Å². The molecule has 0 radical (unpaired) electrons. The smallest absolute Gasteiger partial charge is 0.310 e. The summed E-state index contributed by atoms with van der Waals surface area (Å²) in [4.78, 5) is 56.2. The van der Waals surface area contributed by atoms with Gasteiger partial charge in [0, 0.05) is 37.6 Å². The molecule has 6 heterocycles. The van der Waals surface area contributed by atoms with Gasteiger partial charge in [-0.15, -0.1) is 0 Å². The molecule has 12 heteroatoms. The van der Waals surface area contributed by atoms with Crippen LogP contribution in [-0.4, -0.2) is 69.2 Å². The molecule has 8 atom stereocenters. The van der Waals surface area contributed by atoms with E-state index in [0.717, 1.165) is 47.9 Å². The Morgan fingerprint density at radius 1 is 0.712 bits per heavy atom. The van der Waals surface area contributed by atoms with Gasteiger partial charge in [-0.1, -0.05) is 13.8 Å². The minimum Gasteiger partial charge on any atom is -0.460 e. The second-order valence-electron chi connectivity index (χ2n) is 16.7. The second kappa shape index (κ2) is 16.4. The van der Waals surface area contributed by atoms with Crippen LogP contribution in [0.1, 0.15) is 128 Å². The number of aromatic nitrogens is 2. The summed E-state index contributed by atoms with van der Waals surface area (Å²) < 4.78 is 23.5. The molecule has 4 saturated heterocycles. The monoisotopic (exact) mass is 720 g/mol. The Balaban J connectivity index is 0.000000201. The van der Waals surface area contributed by atoms with Crippen molar-refractivity contribution in [2.45, 2.75) is 154 Å². The first kappa shape index (κ1) is 39.3. The van der Waals surface area contributed by atoms with Crippen molar-refractivity contribution in [3.05, 3.63) is 59.2 Å². The number of carbonyl (C=O) groups excluding carboxylic acids is 4. The highest BCUT2D eigenvalue weighted by Crippen LogP contribution is 2.40. The average Bonchev–Trinajstić information content (AvgIpc) is 3.04. The van der Waals surface area contributed by atoms with E-state index in [-0.39, 0.29) is 73.1 Å². The van der Waals surface area contributed by atoms with Gasteiger partial charge in [0.05, 0.1) is 49.3 Å². The quantitative estimate of drug-likeness (QED) is 0.370. The zero-order valence-electron chi connectivity index (χ0n) is 31.9.